The van der Waals surface area contributed by atoms with Crippen LogP contribution in [0.3, 0.4) is 0 Å². The maximum atomic E-state index is 12.9. The van der Waals surface area contributed by atoms with Crippen molar-refractivity contribution in [2.24, 2.45) is 0 Å². The van der Waals surface area contributed by atoms with Gasteiger partial charge in [0.15, 0.2) is 6.20 Å². The van der Waals surface area contributed by atoms with Crippen molar-refractivity contribution in [1.29, 1.82) is 0 Å². The van der Waals surface area contributed by atoms with Crippen LogP contribution in [0.25, 0.3) is 0 Å². The zero-order valence-corrected chi connectivity index (χ0v) is 11.7. The van der Waals surface area contributed by atoms with Gasteiger partial charge in [-0.15, -0.1) is 0 Å². The second-order valence-corrected chi connectivity index (χ2v) is 4.72. The first-order valence-corrected chi connectivity index (χ1v) is 6.61. The lowest BCUT2D eigenvalue weighted by molar-refractivity contribution is -0.607. The van der Waals surface area contributed by atoms with Gasteiger partial charge in [-0.3, -0.25) is 4.79 Å². The zero-order valence-electron chi connectivity index (χ0n) is 11.7. The van der Waals surface area contributed by atoms with E-state index in [0.717, 1.165) is 18.3 Å². The van der Waals surface area contributed by atoms with E-state index in [9.17, 15) is 28.3 Å². The summed E-state index contributed by atoms with van der Waals surface area (Å²) in [6, 6.07) is 8.72. The highest BCUT2D eigenvalue weighted by molar-refractivity contribution is 5.90. The molecule has 23 heavy (non-hydrogen) atoms. The first-order chi connectivity index (χ1) is 10.8. The third kappa shape index (κ3) is 3.98. The summed E-state index contributed by atoms with van der Waals surface area (Å²) in [4.78, 5) is 11.8. The van der Waals surface area contributed by atoms with Gasteiger partial charge in [0.1, 0.15) is 0 Å². The Morgan fingerprint density at radius 2 is 1.87 bits per heavy atom. The number of alkyl halides is 3. The highest BCUT2D eigenvalue weighted by atomic mass is 19.4. The number of halogens is 3. The number of nitrogens with one attached hydrogen (secondary N) is 1. The number of amides is 1. The van der Waals surface area contributed by atoms with E-state index in [1.807, 2.05) is 0 Å². The predicted octanol–water partition coefficient (Wildman–Crippen LogP) is 1.80. The number of aromatic nitrogens is 1. The zero-order chi connectivity index (χ0) is 17.0. The molecule has 1 amide bonds. The van der Waals surface area contributed by atoms with Crippen LogP contribution >= 0.6 is 0 Å². The summed E-state index contributed by atoms with van der Waals surface area (Å²) < 4.78 is 39.0. The molecule has 0 aliphatic carbocycles. The average Bonchev–Trinajstić information content (AvgIpc) is 2.52. The summed E-state index contributed by atoms with van der Waals surface area (Å²) in [6.07, 6.45) is -5.05. The van der Waals surface area contributed by atoms with Gasteiger partial charge in [0.25, 0.3) is 5.69 Å². The molecule has 0 spiro atoms. The molecule has 2 aromatic rings. The van der Waals surface area contributed by atoms with Crippen LogP contribution in [0.1, 0.15) is 27.7 Å². The molecule has 5 nitrogen and oxygen atoms in total. The number of carbonyl (C=O) groups excluding carboxylic acids is 1. The van der Waals surface area contributed by atoms with Crippen molar-refractivity contribution in [2.45, 2.75) is 12.3 Å². The third-order valence-electron chi connectivity index (χ3n) is 3.14. The Bertz CT molecular complexity index is 704. The number of pyridine rings is 1. The van der Waals surface area contributed by atoms with Crippen molar-refractivity contribution in [3.8, 4) is 0 Å². The van der Waals surface area contributed by atoms with Gasteiger partial charge >= 0.3 is 12.1 Å². The Kier molecular flexibility index (Phi) is 4.85. The number of benzene rings is 1. The van der Waals surface area contributed by atoms with Crippen molar-refractivity contribution in [2.75, 3.05) is 6.54 Å². The molecule has 0 aliphatic rings. The smallest absolute Gasteiger partial charge is 0.416 e. The van der Waals surface area contributed by atoms with Gasteiger partial charge in [0.05, 0.1) is 11.7 Å². The minimum atomic E-state index is -4.61. The molecule has 1 aromatic heterocycles. The van der Waals surface area contributed by atoms with Gasteiger partial charge in [-0.05, 0) is 17.7 Å². The molecule has 0 radical (unpaired) electrons. The molecule has 0 saturated carbocycles. The van der Waals surface area contributed by atoms with Crippen LogP contribution in [0.4, 0.5) is 13.2 Å². The number of nitrogens with zero attached hydrogens (tertiary/aromatic N) is 1. The van der Waals surface area contributed by atoms with E-state index in [2.05, 4.69) is 5.32 Å². The van der Waals surface area contributed by atoms with Crippen molar-refractivity contribution in [3.05, 3.63) is 70.7 Å². The number of aliphatic hydroxyl groups excluding tert-OH is 1. The topological polar surface area (TPSA) is 76.3 Å². The fourth-order valence-corrected chi connectivity index (χ4v) is 2.04. The molecule has 2 rings (SSSR count). The van der Waals surface area contributed by atoms with Gasteiger partial charge in [-0.2, -0.15) is 17.9 Å². The van der Waals surface area contributed by atoms with E-state index in [1.165, 1.54) is 30.3 Å². The summed E-state index contributed by atoms with van der Waals surface area (Å²) in [5.74, 6) is -0.788. The van der Waals surface area contributed by atoms with E-state index >= 15 is 0 Å². The van der Waals surface area contributed by atoms with Gasteiger partial charge in [0.2, 0.25) is 0 Å². The Morgan fingerprint density at radius 3 is 2.52 bits per heavy atom. The first-order valence-electron chi connectivity index (χ1n) is 6.61. The van der Waals surface area contributed by atoms with Gasteiger partial charge in [0, 0.05) is 18.7 Å². The molecule has 0 saturated heterocycles. The number of hydrogen-bond acceptors (Lipinski definition) is 3. The molecule has 1 aromatic carbocycles. The maximum Gasteiger partial charge on any atom is 0.416 e. The molecule has 122 valence electrons. The van der Waals surface area contributed by atoms with Crippen molar-refractivity contribution in [1.82, 2.24) is 5.32 Å². The van der Waals surface area contributed by atoms with E-state index in [-0.39, 0.29) is 11.3 Å². The third-order valence-corrected chi connectivity index (χ3v) is 3.14. The molecule has 0 fully saturated rings. The van der Waals surface area contributed by atoms with E-state index in [0.29, 0.717) is 4.73 Å². The maximum absolute atomic E-state index is 12.9. The fourth-order valence-electron chi connectivity index (χ4n) is 2.04. The van der Waals surface area contributed by atoms with E-state index < -0.39 is 30.3 Å². The molecular weight excluding hydrogens is 313 g/mol. The number of rotatable bonds is 4. The normalized spacial score (nSPS) is 12.7. The summed E-state index contributed by atoms with van der Waals surface area (Å²) >= 11 is 0. The van der Waals surface area contributed by atoms with Crippen molar-refractivity contribution in [3.63, 3.8) is 0 Å². The number of carbonyl (C=O) groups is 1. The lowest BCUT2D eigenvalue weighted by atomic mass is 10.0. The van der Waals surface area contributed by atoms with Gasteiger partial charge in [-0.25, -0.2) is 0 Å². The molecule has 0 bridgehead atoms. The Morgan fingerprint density at radius 1 is 1.22 bits per heavy atom. The molecule has 1 heterocycles. The summed E-state index contributed by atoms with van der Waals surface area (Å²) in [6.45, 7) is -0.458. The molecule has 1 atom stereocenters. The van der Waals surface area contributed by atoms with E-state index in [4.69, 9.17) is 0 Å². The largest absolute Gasteiger partial charge is 0.618 e. The van der Waals surface area contributed by atoms with Crippen molar-refractivity contribution >= 4 is 5.91 Å². The van der Waals surface area contributed by atoms with Crippen LogP contribution in [0.2, 0.25) is 0 Å². The summed E-state index contributed by atoms with van der Waals surface area (Å²) in [5.41, 5.74) is -1.53. The monoisotopic (exact) mass is 326 g/mol. The molecule has 0 aliphatic heterocycles. The Balaban J connectivity index is 2.11. The summed E-state index contributed by atoms with van der Waals surface area (Å²) in [7, 11) is 0. The van der Waals surface area contributed by atoms with Crippen LogP contribution < -0.4 is 10.0 Å². The van der Waals surface area contributed by atoms with E-state index in [1.54, 1.807) is 0 Å². The highest BCUT2D eigenvalue weighted by Crippen LogP contribution is 2.34. The van der Waals surface area contributed by atoms with Gasteiger partial charge in [-0.1, -0.05) is 18.2 Å². The van der Waals surface area contributed by atoms with Gasteiger partial charge < -0.3 is 15.6 Å². The molecule has 2 N–H and O–H groups in total. The van der Waals surface area contributed by atoms with Crippen LogP contribution in [0, 0.1) is 5.21 Å². The molecule has 8 heteroatoms. The predicted molar refractivity (Wildman–Crippen MR) is 74.1 cm³/mol. The quantitative estimate of drug-likeness (QED) is 0.664. The lowest BCUT2D eigenvalue weighted by Gasteiger charge is -2.17. The fraction of sp³-hybridized carbons (Fsp3) is 0.200. The minimum Gasteiger partial charge on any atom is -0.618 e. The second kappa shape index (κ2) is 6.66. The van der Waals surface area contributed by atoms with Crippen LogP contribution in [0.15, 0.2) is 48.7 Å². The SMILES string of the molecule is O=C(NC[C@H](O)c1ccccc1C(F)(F)F)c1cccc[n+]1[O-]. The van der Waals surface area contributed by atoms with Crippen molar-refractivity contribution < 1.29 is 27.8 Å². The van der Waals surface area contributed by atoms with Crippen LogP contribution in [-0.2, 0) is 6.18 Å². The van der Waals surface area contributed by atoms with Crippen LogP contribution in [-0.4, -0.2) is 17.6 Å². The minimum absolute atomic E-state index is 0.219. The first kappa shape index (κ1) is 16.8. The molecule has 0 unspecified atom stereocenters. The standard InChI is InChI=1S/C15H13F3N2O3/c16-15(17,18)11-6-2-1-5-10(11)13(21)9-19-14(22)12-7-3-4-8-20(12)23/h1-8,13,21H,9H2,(H,19,22)/t13-/m0/s1. The Labute approximate surface area is 129 Å². The highest BCUT2D eigenvalue weighted by Gasteiger charge is 2.34. The lowest BCUT2D eigenvalue weighted by Crippen LogP contribution is -2.40. The Hall–Kier alpha value is -2.61. The number of hydrogen-bond donors (Lipinski definition) is 2. The summed E-state index contributed by atoms with van der Waals surface area (Å²) in [5, 5.41) is 23.6. The average molecular weight is 326 g/mol. The van der Waals surface area contributed by atoms with Crippen LogP contribution in [0.5, 0.6) is 0 Å². The second-order valence-electron chi connectivity index (χ2n) is 4.72. The number of aliphatic hydroxyl groups is 1. The molecular formula is C15H13F3N2O3.